The number of unbranched alkanes of at least 4 members (excludes halogenated alkanes) is 15. The van der Waals surface area contributed by atoms with Crippen LogP contribution in [0.3, 0.4) is 0 Å². The fourth-order valence-electron chi connectivity index (χ4n) is 5.40. The van der Waals surface area contributed by atoms with E-state index in [1.165, 1.54) is 64.2 Å². The van der Waals surface area contributed by atoms with Gasteiger partial charge in [-0.2, -0.15) is 0 Å². The normalized spacial score (nSPS) is 14.0. The quantitative estimate of drug-likeness (QED) is 0.0647. The highest BCUT2D eigenvalue weighted by atomic mass is 16.9. The lowest BCUT2D eigenvalue weighted by Gasteiger charge is -2.37. The van der Waals surface area contributed by atoms with Crippen LogP contribution in [0, 0.1) is 10.1 Å². The van der Waals surface area contributed by atoms with Gasteiger partial charge in [-0.3, -0.25) is 14.9 Å². The number of hydroxylamine groups is 2. The highest BCUT2D eigenvalue weighted by Crippen LogP contribution is 2.17. The molecule has 1 saturated heterocycles. The van der Waals surface area contributed by atoms with Crippen molar-refractivity contribution < 1.29 is 19.9 Å². The van der Waals surface area contributed by atoms with Crippen molar-refractivity contribution >= 4 is 11.7 Å². The zero-order chi connectivity index (χ0) is 29.7. The Labute approximate surface area is 247 Å². The van der Waals surface area contributed by atoms with Crippen LogP contribution in [0.25, 0.3) is 0 Å². The van der Waals surface area contributed by atoms with Crippen LogP contribution < -0.4 is 4.90 Å². The van der Waals surface area contributed by atoms with E-state index in [9.17, 15) is 20.1 Å². The standard InChI is InChI=1S/C31H55N5O5/c1-28(2)33-22-24-34(25-23-33)30-20-19-29(27-32-30)31(37)35(38)21-17-15-13-11-9-7-5-3-4-6-8-10-12-14-16-18-26-41-36(39)40/h19-20,27-28,38H,3-18,21-26H2,1-2H3. The first-order chi connectivity index (χ1) is 19.9. The molecule has 1 aliphatic heterocycles. The van der Waals surface area contributed by atoms with Gasteiger partial charge < -0.3 is 9.74 Å². The number of anilines is 1. The van der Waals surface area contributed by atoms with Gasteiger partial charge in [0.2, 0.25) is 0 Å². The average molecular weight is 578 g/mol. The summed E-state index contributed by atoms with van der Waals surface area (Å²) < 4.78 is 0. The Balaban J connectivity index is 1.39. The third kappa shape index (κ3) is 15.4. The lowest BCUT2D eigenvalue weighted by molar-refractivity contribution is -0.757. The molecule has 0 unspecified atom stereocenters. The van der Waals surface area contributed by atoms with E-state index < -0.39 is 5.09 Å². The van der Waals surface area contributed by atoms with Crippen LogP contribution in [-0.2, 0) is 4.84 Å². The minimum atomic E-state index is -0.716. The third-order valence-electron chi connectivity index (χ3n) is 8.06. The van der Waals surface area contributed by atoms with E-state index in [1.807, 2.05) is 6.07 Å². The van der Waals surface area contributed by atoms with Gasteiger partial charge in [0.25, 0.3) is 11.0 Å². The molecule has 1 fully saturated rings. The zero-order valence-electron chi connectivity index (χ0n) is 25.7. The van der Waals surface area contributed by atoms with Crippen LogP contribution in [0.15, 0.2) is 18.3 Å². The number of rotatable bonds is 23. The lowest BCUT2D eigenvalue weighted by atomic mass is 10.0. The molecular formula is C31H55N5O5. The van der Waals surface area contributed by atoms with E-state index in [0.717, 1.165) is 75.6 Å². The monoisotopic (exact) mass is 577 g/mol. The first kappa shape index (κ1) is 34.7. The van der Waals surface area contributed by atoms with Gasteiger partial charge in [0.1, 0.15) is 5.82 Å². The van der Waals surface area contributed by atoms with Gasteiger partial charge in [0.05, 0.1) is 12.2 Å². The minimum Gasteiger partial charge on any atom is -0.354 e. The minimum absolute atomic E-state index is 0.223. The molecule has 1 aliphatic rings. The number of amides is 1. The predicted molar refractivity (Wildman–Crippen MR) is 163 cm³/mol. The maximum absolute atomic E-state index is 12.6. The van der Waals surface area contributed by atoms with Crippen molar-refractivity contribution in [3.63, 3.8) is 0 Å². The molecule has 0 saturated carbocycles. The number of nitrogens with zero attached hydrogens (tertiary/aromatic N) is 5. The largest absolute Gasteiger partial charge is 0.354 e. The molecule has 0 bridgehead atoms. The van der Waals surface area contributed by atoms with Crippen molar-refractivity contribution in [1.29, 1.82) is 0 Å². The average Bonchev–Trinajstić information content (AvgIpc) is 2.97. The fraction of sp³-hybridized carbons (Fsp3) is 0.806. The maximum atomic E-state index is 12.6. The second-order valence-electron chi connectivity index (χ2n) is 11.7. The van der Waals surface area contributed by atoms with Crippen LogP contribution in [-0.4, -0.2) is 76.5 Å². The number of piperazine rings is 1. The van der Waals surface area contributed by atoms with Crippen molar-refractivity contribution in [2.24, 2.45) is 0 Å². The third-order valence-corrected chi connectivity index (χ3v) is 8.06. The number of carbonyl (C=O) groups excluding carboxylic acids is 1. The van der Waals surface area contributed by atoms with Crippen LogP contribution in [0.4, 0.5) is 5.82 Å². The highest BCUT2D eigenvalue weighted by molar-refractivity contribution is 5.93. The predicted octanol–water partition coefficient (Wildman–Crippen LogP) is 6.89. The molecule has 0 atom stereocenters. The summed E-state index contributed by atoms with van der Waals surface area (Å²) >= 11 is 0. The molecule has 10 heteroatoms. The Kier molecular flexibility index (Phi) is 18.0. The SMILES string of the molecule is CC(C)N1CCN(c2ccc(C(=O)N(O)CCCCCCCCCCCCCCCCCCO[N+](=O)[O-])cn2)CC1. The number of aromatic nitrogens is 1. The van der Waals surface area contributed by atoms with Crippen molar-refractivity contribution in [3.05, 3.63) is 34.0 Å². The molecule has 1 N–H and O–H groups in total. The summed E-state index contributed by atoms with van der Waals surface area (Å²) in [6.07, 6.45) is 20.2. The van der Waals surface area contributed by atoms with Gasteiger partial charge >= 0.3 is 0 Å². The molecule has 2 heterocycles. The van der Waals surface area contributed by atoms with Crippen molar-refractivity contribution in [2.45, 2.75) is 123 Å². The highest BCUT2D eigenvalue weighted by Gasteiger charge is 2.20. The van der Waals surface area contributed by atoms with Crippen molar-refractivity contribution in [2.75, 3.05) is 44.2 Å². The molecule has 0 aromatic carbocycles. The van der Waals surface area contributed by atoms with Crippen LogP contribution >= 0.6 is 0 Å². The Morgan fingerprint density at radius 1 is 0.878 bits per heavy atom. The van der Waals surface area contributed by atoms with E-state index in [0.29, 0.717) is 18.2 Å². The second kappa shape index (κ2) is 21.3. The molecule has 41 heavy (non-hydrogen) atoms. The first-order valence-electron chi connectivity index (χ1n) is 16.1. The summed E-state index contributed by atoms with van der Waals surface area (Å²) in [7, 11) is 0. The van der Waals surface area contributed by atoms with Crippen LogP contribution in [0.2, 0.25) is 0 Å². The van der Waals surface area contributed by atoms with Crippen molar-refractivity contribution in [3.8, 4) is 0 Å². The van der Waals surface area contributed by atoms with Gasteiger partial charge in [-0.1, -0.05) is 89.9 Å². The summed E-state index contributed by atoms with van der Waals surface area (Å²) in [5.41, 5.74) is 0.426. The van der Waals surface area contributed by atoms with E-state index in [-0.39, 0.29) is 12.5 Å². The summed E-state index contributed by atoms with van der Waals surface area (Å²) in [4.78, 5) is 36.2. The zero-order valence-corrected chi connectivity index (χ0v) is 25.7. The van der Waals surface area contributed by atoms with E-state index in [1.54, 1.807) is 12.3 Å². The number of carbonyl (C=O) groups is 1. The smallest absolute Gasteiger partial charge is 0.294 e. The Morgan fingerprint density at radius 3 is 1.80 bits per heavy atom. The van der Waals surface area contributed by atoms with Gasteiger partial charge in [-0.15, -0.1) is 10.1 Å². The summed E-state index contributed by atoms with van der Waals surface area (Å²) in [6, 6.07) is 4.21. The van der Waals surface area contributed by atoms with Gasteiger partial charge in [-0.05, 0) is 38.8 Å². The topological polar surface area (TPSA) is 112 Å². The number of hydrogen-bond acceptors (Lipinski definition) is 8. The molecule has 2 rings (SSSR count). The Morgan fingerprint density at radius 2 is 1.37 bits per heavy atom. The lowest BCUT2D eigenvalue weighted by Crippen LogP contribution is -2.49. The van der Waals surface area contributed by atoms with E-state index >= 15 is 0 Å². The fourth-order valence-corrected chi connectivity index (χ4v) is 5.40. The maximum Gasteiger partial charge on any atom is 0.294 e. The molecule has 1 amide bonds. The molecule has 0 radical (unpaired) electrons. The molecule has 1 aromatic heterocycles. The number of pyridine rings is 1. The summed E-state index contributed by atoms with van der Waals surface area (Å²) in [5.74, 6) is 0.507. The Hall–Kier alpha value is -2.46. The Bertz CT molecular complexity index is 831. The summed E-state index contributed by atoms with van der Waals surface area (Å²) in [5, 5.41) is 20.4. The van der Waals surface area contributed by atoms with Crippen LogP contribution in [0.5, 0.6) is 0 Å². The van der Waals surface area contributed by atoms with Crippen LogP contribution in [0.1, 0.15) is 127 Å². The van der Waals surface area contributed by atoms with Gasteiger partial charge in [0, 0.05) is 45.0 Å². The first-order valence-corrected chi connectivity index (χ1v) is 16.1. The van der Waals surface area contributed by atoms with E-state index in [4.69, 9.17) is 0 Å². The summed E-state index contributed by atoms with van der Waals surface area (Å²) in [6.45, 7) is 8.92. The number of hydrogen-bond donors (Lipinski definition) is 1. The second-order valence-corrected chi connectivity index (χ2v) is 11.7. The van der Waals surface area contributed by atoms with Crippen molar-refractivity contribution in [1.82, 2.24) is 14.9 Å². The molecule has 0 spiro atoms. The van der Waals surface area contributed by atoms with E-state index in [2.05, 4.69) is 33.5 Å². The molecule has 10 nitrogen and oxygen atoms in total. The molecular weight excluding hydrogens is 522 g/mol. The van der Waals surface area contributed by atoms with Gasteiger partial charge in [-0.25, -0.2) is 10.0 Å². The molecule has 234 valence electrons. The molecule has 1 aromatic rings. The van der Waals surface area contributed by atoms with Gasteiger partial charge in [0.15, 0.2) is 0 Å². The molecule has 0 aliphatic carbocycles.